The Bertz CT molecular complexity index is 372. The Morgan fingerprint density at radius 1 is 1.00 bits per heavy atom. The fourth-order valence-corrected chi connectivity index (χ4v) is 1.82. The van der Waals surface area contributed by atoms with Gasteiger partial charge in [0, 0.05) is 13.2 Å². The molecule has 4 heteroatoms. The smallest absolute Gasteiger partial charge is 0.167 e. The molecule has 0 N–H and O–H groups in total. The highest BCUT2D eigenvalue weighted by Gasteiger charge is 2.21. The summed E-state index contributed by atoms with van der Waals surface area (Å²) in [7, 11) is 3.25. The highest BCUT2D eigenvalue weighted by molar-refractivity contribution is 5.47. The van der Waals surface area contributed by atoms with E-state index in [0.717, 1.165) is 11.5 Å². The van der Waals surface area contributed by atoms with Gasteiger partial charge in [0.05, 0.1) is 20.1 Å². The Hall–Kier alpha value is -1.26. The van der Waals surface area contributed by atoms with Gasteiger partial charge in [-0.2, -0.15) is 0 Å². The Labute approximate surface area is 115 Å². The monoisotopic (exact) mass is 267 g/mol. The molecule has 1 rings (SSSR count). The van der Waals surface area contributed by atoms with Gasteiger partial charge in [-0.3, -0.25) is 0 Å². The van der Waals surface area contributed by atoms with Crippen LogP contribution in [0, 0.1) is 5.92 Å². The Morgan fingerprint density at radius 3 is 2.05 bits per heavy atom. The molecule has 0 saturated heterocycles. The summed E-state index contributed by atoms with van der Waals surface area (Å²) >= 11 is 0. The Morgan fingerprint density at radius 2 is 1.58 bits per heavy atom. The van der Waals surface area contributed by atoms with Gasteiger partial charge < -0.3 is 18.9 Å². The molecule has 1 radical (unpaired) electrons. The molecule has 0 amide bonds. The second-order valence-corrected chi connectivity index (χ2v) is 4.00. The van der Waals surface area contributed by atoms with E-state index in [1.54, 1.807) is 14.2 Å². The summed E-state index contributed by atoms with van der Waals surface area (Å²) in [4.78, 5) is 0. The van der Waals surface area contributed by atoms with E-state index in [1.807, 2.05) is 39.0 Å². The van der Waals surface area contributed by atoms with Crippen LogP contribution in [-0.4, -0.2) is 33.7 Å². The van der Waals surface area contributed by atoms with Crippen LogP contribution in [0.2, 0.25) is 0 Å². The molecule has 107 valence electrons. The minimum atomic E-state index is -0.326. The van der Waals surface area contributed by atoms with Crippen LogP contribution in [0.4, 0.5) is 0 Å². The van der Waals surface area contributed by atoms with Crippen LogP contribution in [0.25, 0.3) is 0 Å². The molecular weight excluding hydrogens is 244 g/mol. The number of hydrogen-bond donors (Lipinski definition) is 0. The van der Waals surface area contributed by atoms with Crippen LogP contribution in [0.5, 0.6) is 11.5 Å². The lowest BCUT2D eigenvalue weighted by Crippen LogP contribution is -2.24. The van der Waals surface area contributed by atoms with E-state index in [9.17, 15) is 0 Å². The van der Waals surface area contributed by atoms with Crippen LogP contribution in [0.1, 0.15) is 26.3 Å². The molecule has 0 unspecified atom stereocenters. The van der Waals surface area contributed by atoms with Gasteiger partial charge in [0.15, 0.2) is 17.8 Å². The predicted molar refractivity (Wildman–Crippen MR) is 74.6 cm³/mol. The van der Waals surface area contributed by atoms with Gasteiger partial charge >= 0.3 is 0 Å². The summed E-state index contributed by atoms with van der Waals surface area (Å²) in [5.74, 6) is 2.43. The fourth-order valence-electron chi connectivity index (χ4n) is 1.82. The maximum Gasteiger partial charge on any atom is 0.167 e. The third kappa shape index (κ3) is 4.11. The topological polar surface area (TPSA) is 36.9 Å². The second-order valence-electron chi connectivity index (χ2n) is 4.00. The summed E-state index contributed by atoms with van der Waals surface area (Å²) in [6.45, 7) is 7.11. The number of rotatable bonds is 8. The van der Waals surface area contributed by atoms with Crippen LogP contribution in [-0.2, 0) is 9.47 Å². The van der Waals surface area contributed by atoms with Gasteiger partial charge in [-0.25, -0.2) is 0 Å². The van der Waals surface area contributed by atoms with E-state index in [0.29, 0.717) is 24.7 Å². The van der Waals surface area contributed by atoms with Gasteiger partial charge in [-0.1, -0.05) is 6.07 Å². The first-order valence-electron chi connectivity index (χ1n) is 6.46. The van der Waals surface area contributed by atoms with Gasteiger partial charge in [0.2, 0.25) is 0 Å². The van der Waals surface area contributed by atoms with Crippen molar-refractivity contribution in [3.05, 3.63) is 29.7 Å². The maximum absolute atomic E-state index is 5.60. The van der Waals surface area contributed by atoms with Crippen LogP contribution in [0.3, 0.4) is 0 Å². The molecule has 0 saturated carbocycles. The van der Waals surface area contributed by atoms with Crippen molar-refractivity contribution in [2.45, 2.75) is 27.1 Å². The van der Waals surface area contributed by atoms with E-state index in [2.05, 4.69) is 0 Å². The van der Waals surface area contributed by atoms with Crippen LogP contribution in [0.15, 0.2) is 18.2 Å². The van der Waals surface area contributed by atoms with Crippen molar-refractivity contribution in [2.24, 2.45) is 0 Å². The van der Waals surface area contributed by atoms with Crippen LogP contribution < -0.4 is 9.47 Å². The highest BCUT2D eigenvalue weighted by Crippen LogP contribution is 2.32. The normalized spacial score (nSPS) is 11.1. The van der Waals surface area contributed by atoms with Gasteiger partial charge in [-0.05, 0) is 38.5 Å². The lowest BCUT2D eigenvalue weighted by Gasteiger charge is -2.24. The predicted octanol–water partition coefficient (Wildman–Crippen LogP) is 3.05. The molecule has 0 aliphatic heterocycles. The number of hydrogen-bond acceptors (Lipinski definition) is 4. The fraction of sp³-hybridized carbons (Fsp3) is 0.533. The molecule has 0 spiro atoms. The van der Waals surface area contributed by atoms with Crippen LogP contribution >= 0.6 is 0 Å². The summed E-state index contributed by atoms with van der Waals surface area (Å²) in [5, 5.41) is 0. The van der Waals surface area contributed by atoms with Gasteiger partial charge in [0.1, 0.15) is 0 Å². The summed E-state index contributed by atoms with van der Waals surface area (Å²) in [6.07, 6.45) is -0.326. The molecule has 19 heavy (non-hydrogen) atoms. The lowest BCUT2D eigenvalue weighted by atomic mass is 10.00. The van der Waals surface area contributed by atoms with Crippen molar-refractivity contribution in [1.29, 1.82) is 0 Å². The van der Waals surface area contributed by atoms with E-state index in [-0.39, 0.29) is 6.29 Å². The molecule has 0 aliphatic carbocycles. The summed E-state index contributed by atoms with van der Waals surface area (Å²) in [6, 6.07) is 5.79. The van der Waals surface area contributed by atoms with Crippen molar-refractivity contribution in [3.63, 3.8) is 0 Å². The molecule has 0 aromatic heterocycles. The minimum Gasteiger partial charge on any atom is -0.493 e. The number of ether oxygens (including phenoxy) is 4. The molecule has 0 fully saturated rings. The molecule has 0 aliphatic rings. The molecule has 1 aromatic carbocycles. The second kappa shape index (κ2) is 8.02. The zero-order valence-electron chi connectivity index (χ0n) is 12.4. The van der Waals surface area contributed by atoms with Gasteiger partial charge in [-0.15, -0.1) is 0 Å². The Balaban J connectivity index is 2.93. The van der Waals surface area contributed by atoms with Crippen molar-refractivity contribution >= 4 is 0 Å². The summed E-state index contributed by atoms with van der Waals surface area (Å²) in [5.41, 5.74) is 1.02. The van der Waals surface area contributed by atoms with Crippen molar-refractivity contribution in [1.82, 2.24) is 0 Å². The van der Waals surface area contributed by atoms with Crippen molar-refractivity contribution < 1.29 is 18.9 Å². The van der Waals surface area contributed by atoms with E-state index < -0.39 is 0 Å². The zero-order chi connectivity index (χ0) is 14.3. The number of methoxy groups -OCH3 is 2. The average Bonchev–Trinajstić information content (AvgIpc) is 2.45. The molecular formula is C15H23O4. The molecule has 0 heterocycles. The van der Waals surface area contributed by atoms with E-state index >= 15 is 0 Å². The standard InChI is InChI=1S/C15H23O4/c1-6-18-15(19-7-2)11(3)12-8-9-13(16-4)14(10-12)17-5/h8-10,15H,6-7H2,1-5H3. The first kappa shape index (κ1) is 15.8. The van der Waals surface area contributed by atoms with E-state index in [1.165, 1.54) is 0 Å². The molecule has 1 aromatic rings. The summed E-state index contributed by atoms with van der Waals surface area (Å²) < 4.78 is 21.7. The quantitative estimate of drug-likeness (QED) is 0.678. The minimum absolute atomic E-state index is 0.326. The Kier molecular flexibility index (Phi) is 6.67. The maximum atomic E-state index is 5.60. The lowest BCUT2D eigenvalue weighted by molar-refractivity contribution is -0.121. The van der Waals surface area contributed by atoms with E-state index in [4.69, 9.17) is 18.9 Å². The SMILES string of the molecule is CCOC(OCC)[C](C)c1ccc(OC)c(OC)c1. The first-order valence-corrected chi connectivity index (χ1v) is 6.46. The third-order valence-corrected chi connectivity index (χ3v) is 2.83. The zero-order valence-corrected chi connectivity index (χ0v) is 12.4. The molecule has 0 atom stereocenters. The largest absolute Gasteiger partial charge is 0.493 e. The van der Waals surface area contributed by atoms with Crippen molar-refractivity contribution in [3.8, 4) is 11.5 Å². The van der Waals surface area contributed by atoms with Gasteiger partial charge in [0.25, 0.3) is 0 Å². The molecule has 0 bridgehead atoms. The van der Waals surface area contributed by atoms with Crippen molar-refractivity contribution in [2.75, 3.05) is 27.4 Å². The average molecular weight is 267 g/mol. The highest BCUT2D eigenvalue weighted by atomic mass is 16.7. The third-order valence-electron chi connectivity index (χ3n) is 2.83. The molecule has 4 nitrogen and oxygen atoms in total. The first-order chi connectivity index (χ1) is 9.17. The number of benzene rings is 1.